The monoisotopic (exact) mass is 270 g/mol. The lowest BCUT2D eigenvalue weighted by atomic mass is 9.99. The first-order valence-corrected chi connectivity index (χ1v) is 5.42. The van der Waals surface area contributed by atoms with E-state index in [-0.39, 0.29) is 0 Å². The SMILES string of the molecule is CC(C)(C)OC(=O)C[C@@H](CCC(F)(F)F)C(=O)O. The largest absolute Gasteiger partial charge is 0.481 e. The Hall–Kier alpha value is -1.27. The lowest BCUT2D eigenvalue weighted by Crippen LogP contribution is -2.28. The molecular weight excluding hydrogens is 253 g/mol. The second-order valence-electron chi connectivity index (χ2n) is 4.98. The number of ether oxygens (including phenoxy) is 1. The Bertz CT molecular complexity index is 304. The van der Waals surface area contributed by atoms with E-state index >= 15 is 0 Å². The molecule has 0 aliphatic carbocycles. The Morgan fingerprint density at radius 3 is 2.06 bits per heavy atom. The zero-order valence-corrected chi connectivity index (χ0v) is 10.5. The second-order valence-corrected chi connectivity index (χ2v) is 4.98. The standard InChI is InChI=1S/C11H17F3O4/c1-10(2,3)18-8(15)6-7(9(16)17)4-5-11(12,13)14/h7H,4-6H2,1-3H3,(H,16,17)/t7-/m1/s1. The predicted molar refractivity (Wildman–Crippen MR) is 56.9 cm³/mol. The van der Waals surface area contributed by atoms with Gasteiger partial charge in [-0.15, -0.1) is 0 Å². The summed E-state index contributed by atoms with van der Waals surface area (Å²) in [7, 11) is 0. The fourth-order valence-corrected chi connectivity index (χ4v) is 1.24. The fourth-order valence-electron chi connectivity index (χ4n) is 1.24. The third-order valence-electron chi connectivity index (χ3n) is 1.96. The molecule has 0 saturated carbocycles. The smallest absolute Gasteiger partial charge is 0.389 e. The number of esters is 1. The highest BCUT2D eigenvalue weighted by Crippen LogP contribution is 2.26. The molecule has 1 atom stereocenters. The van der Waals surface area contributed by atoms with Gasteiger partial charge in [0, 0.05) is 6.42 Å². The zero-order valence-electron chi connectivity index (χ0n) is 10.5. The van der Waals surface area contributed by atoms with Crippen LogP contribution >= 0.6 is 0 Å². The van der Waals surface area contributed by atoms with Crippen molar-refractivity contribution in [3.8, 4) is 0 Å². The van der Waals surface area contributed by atoms with Gasteiger partial charge in [-0.1, -0.05) is 0 Å². The summed E-state index contributed by atoms with van der Waals surface area (Å²) in [6.45, 7) is 4.78. The Morgan fingerprint density at radius 1 is 1.22 bits per heavy atom. The van der Waals surface area contributed by atoms with Crippen LogP contribution in [0.2, 0.25) is 0 Å². The Kier molecular flexibility index (Phi) is 5.63. The van der Waals surface area contributed by atoms with Gasteiger partial charge in [0.05, 0.1) is 12.3 Å². The normalized spacial score (nSPS) is 14.1. The quantitative estimate of drug-likeness (QED) is 0.780. The Balaban J connectivity index is 4.37. The summed E-state index contributed by atoms with van der Waals surface area (Å²) < 4.78 is 40.8. The number of carbonyl (C=O) groups is 2. The van der Waals surface area contributed by atoms with Crippen LogP contribution in [0.5, 0.6) is 0 Å². The van der Waals surface area contributed by atoms with Crippen LogP contribution in [-0.2, 0) is 14.3 Å². The van der Waals surface area contributed by atoms with E-state index in [1.165, 1.54) is 0 Å². The van der Waals surface area contributed by atoms with E-state index in [9.17, 15) is 22.8 Å². The predicted octanol–water partition coefficient (Wildman–Crippen LogP) is 2.76. The molecule has 0 saturated heterocycles. The van der Waals surface area contributed by atoms with Crippen LogP contribution in [-0.4, -0.2) is 28.8 Å². The summed E-state index contributed by atoms with van der Waals surface area (Å²) in [6.07, 6.45) is -6.84. The molecule has 0 aliphatic rings. The molecule has 0 aromatic carbocycles. The minimum Gasteiger partial charge on any atom is -0.481 e. The lowest BCUT2D eigenvalue weighted by molar-refractivity contribution is -0.162. The highest BCUT2D eigenvalue weighted by atomic mass is 19.4. The average Bonchev–Trinajstić information content (AvgIpc) is 2.06. The first-order valence-electron chi connectivity index (χ1n) is 5.42. The van der Waals surface area contributed by atoms with Crippen LogP contribution in [0.15, 0.2) is 0 Å². The topological polar surface area (TPSA) is 63.6 Å². The van der Waals surface area contributed by atoms with Crippen molar-refractivity contribution in [1.29, 1.82) is 0 Å². The Labute approximate surface area is 103 Å². The number of halogens is 3. The molecule has 0 amide bonds. The number of rotatable bonds is 5. The molecule has 0 heterocycles. The summed E-state index contributed by atoms with van der Waals surface area (Å²) in [5.74, 6) is -3.61. The van der Waals surface area contributed by atoms with Crippen LogP contribution < -0.4 is 0 Å². The van der Waals surface area contributed by atoms with Gasteiger partial charge in [0.1, 0.15) is 5.60 Å². The highest BCUT2D eigenvalue weighted by molar-refractivity contribution is 5.78. The molecule has 0 spiro atoms. The van der Waals surface area contributed by atoms with Crippen LogP contribution in [0.4, 0.5) is 13.2 Å². The maximum absolute atomic E-state index is 12.0. The number of aliphatic carboxylic acids is 1. The molecule has 0 aromatic heterocycles. The van der Waals surface area contributed by atoms with E-state index in [2.05, 4.69) is 0 Å². The van der Waals surface area contributed by atoms with Crippen LogP contribution in [0.3, 0.4) is 0 Å². The van der Waals surface area contributed by atoms with Crippen molar-refractivity contribution < 1.29 is 32.6 Å². The van der Waals surface area contributed by atoms with Gasteiger partial charge in [0.15, 0.2) is 0 Å². The zero-order chi connectivity index (χ0) is 14.6. The number of carbonyl (C=O) groups excluding carboxylic acids is 1. The van der Waals surface area contributed by atoms with Gasteiger partial charge in [-0.2, -0.15) is 13.2 Å². The van der Waals surface area contributed by atoms with Gasteiger partial charge in [-0.05, 0) is 27.2 Å². The highest BCUT2D eigenvalue weighted by Gasteiger charge is 2.32. The first-order chi connectivity index (χ1) is 7.91. The minimum absolute atomic E-state index is 0.553. The van der Waals surface area contributed by atoms with Gasteiger partial charge in [-0.3, -0.25) is 9.59 Å². The Morgan fingerprint density at radius 2 is 1.72 bits per heavy atom. The van der Waals surface area contributed by atoms with E-state index in [1.54, 1.807) is 20.8 Å². The molecule has 0 aliphatic heterocycles. The van der Waals surface area contributed by atoms with Crippen molar-refractivity contribution in [3.63, 3.8) is 0 Å². The van der Waals surface area contributed by atoms with Gasteiger partial charge in [0.2, 0.25) is 0 Å². The molecule has 0 radical (unpaired) electrons. The average molecular weight is 270 g/mol. The molecule has 106 valence electrons. The molecule has 0 fully saturated rings. The lowest BCUT2D eigenvalue weighted by Gasteiger charge is -2.21. The summed E-state index contributed by atoms with van der Waals surface area (Å²) in [4.78, 5) is 22.1. The van der Waals surface area contributed by atoms with E-state index in [4.69, 9.17) is 9.84 Å². The number of hydrogen-bond acceptors (Lipinski definition) is 3. The summed E-state index contributed by atoms with van der Waals surface area (Å²) in [5, 5.41) is 8.74. The first kappa shape index (κ1) is 16.7. The maximum atomic E-state index is 12.0. The fraction of sp³-hybridized carbons (Fsp3) is 0.818. The van der Waals surface area contributed by atoms with Gasteiger partial charge >= 0.3 is 18.1 Å². The summed E-state index contributed by atoms with van der Waals surface area (Å²) in [5.41, 5.74) is -0.788. The van der Waals surface area contributed by atoms with Gasteiger partial charge in [-0.25, -0.2) is 0 Å². The number of alkyl halides is 3. The molecule has 0 aromatic rings. The molecular formula is C11H17F3O4. The third-order valence-corrected chi connectivity index (χ3v) is 1.96. The van der Waals surface area contributed by atoms with Gasteiger partial charge in [0.25, 0.3) is 0 Å². The molecule has 0 rings (SSSR count). The molecule has 18 heavy (non-hydrogen) atoms. The van der Waals surface area contributed by atoms with E-state index in [1.807, 2.05) is 0 Å². The van der Waals surface area contributed by atoms with Crippen LogP contribution in [0.1, 0.15) is 40.0 Å². The maximum Gasteiger partial charge on any atom is 0.389 e. The van der Waals surface area contributed by atoms with Crippen molar-refractivity contribution in [3.05, 3.63) is 0 Å². The van der Waals surface area contributed by atoms with Crippen molar-refractivity contribution in [1.82, 2.24) is 0 Å². The third kappa shape index (κ3) is 8.83. The van der Waals surface area contributed by atoms with E-state index in [0.29, 0.717) is 0 Å². The number of carboxylic acid groups (broad SMARTS) is 1. The minimum atomic E-state index is -4.43. The van der Waals surface area contributed by atoms with Crippen LogP contribution in [0.25, 0.3) is 0 Å². The molecule has 7 heteroatoms. The van der Waals surface area contributed by atoms with E-state index in [0.717, 1.165) is 0 Å². The molecule has 1 N–H and O–H groups in total. The van der Waals surface area contributed by atoms with Crippen LogP contribution in [0, 0.1) is 5.92 Å². The van der Waals surface area contributed by atoms with Crippen molar-refractivity contribution in [2.45, 2.75) is 51.8 Å². The van der Waals surface area contributed by atoms with Crippen molar-refractivity contribution in [2.24, 2.45) is 5.92 Å². The summed E-state index contributed by atoms with van der Waals surface area (Å²) >= 11 is 0. The number of carboxylic acids is 1. The van der Waals surface area contributed by atoms with Crippen molar-refractivity contribution in [2.75, 3.05) is 0 Å². The van der Waals surface area contributed by atoms with E-state index < -0.39 is 48.9 Å². The summed E-state index contributed by atoms with van der Waals surface area (Å²) in [6, 6.07) is 0. The molecule has 0 bridgehead atoms. The van der Waals surface area contributed by atoms with Crippen molar-refractivity contribution >= 4 is 11.9 Å². The van der Waals surface area contributed by atoms with Gasteiger partial charge < -0.3 is 9.84 Å². The molecule has 0 unspecified atom stereocenters. The number of hydrogen-bond donors (Lipinski definition) is 1. The molecule has 4 nitrogen and oxygen atoms in total. The second kappa shape index (κ2) is 6.06.